The van der Waals surface area contributed by atoms with E-state index in [0.717, 1.165) is 57.5 Å². The number of fused-ring (bicyclic) bond motifs is 3. The highest BCUT2D eigenvalue weighted by Gasteiger charge is 2.47. The maximum Gasteiger partial charge on any atom is 0.418 e. The molecule has 0 unspecified atom stereocenters. The summed E-state index contributed by atoms with van der Waals surface area (Å²) in [7, 11) is 0. The third-order valence-corrected chi connectivity index (χ3v) is 9.90. The molecular formula is C34H38ClF4N7O3. The number of amides is 1. The molecule has 2 N–H and O–H groups in total. The summed E-state index contributed by atoms with van der Waals surface area (Å²) < 4.78 is 71.1. The number of carbonyl (C=O) groups is 1. The summed E-state index contributed by atoms with van der Waals surface area (Å²) in [5, 5.41) is -0.469. The van der Waals surface area contributed by atoms with Crippen LogP contribution in [0.15, 0.2) is 30.5 Å². The van der Waals surface area contributed by atoms with Crippen molar-refractivity contribution in [1.29, 1.82) is 0 Å². The van der Waals surface area contributed by atoms with Crippen LogP contribution in [0.3, 0.4) is 0 Å². The lowest BCUT2D eigenvalue weighted by Crippen LogP contribution is -2.57. The minimum absolute atomic E-state index is 0.0806. The van der Waals surface area contributed by atoms with E-state index < -0.39 is 45.5 Å². The second-order valence-electron chi connectivity index (χ2n) is 14.6. The number of ether oxygens (including phenoxy) is 2. The number of pyridine rings is 1. The van der Waals surface area contributed by atoms with Gasteiger partial charge in [0.1, 0.15) is 22.6 Å². The van der Waals surface area contributed by atoms with Crippen molar-refractivity contribution in [3.05, 3.63) is 46.9 Å². The first-order valence-corrected chi connectivity index (χ1v) is 16.8. The predicted molar refractivity (Wildman–Crippen MR) is 177 cm³/mol. The van der Waals surface area contributed by atoms with E-state index >= 15 is 4.39 Å². The maximum atomic E-state index is 16.6. The van der Waals surface area contributed by atoms with Crippen molar-refractivity contribution in [3.63, 3.8) is 0 Å². The van der Waals surface area contributed by atoms with Gasteiger partial charge < -0.3 is 20.1 Å². The lowest BCUT2D eigenvalue weighted by Gasteiger charge is -2.42. The first kappa shape index (κ1) is 33.6. The predicted octanol–water partition coefficient (Wildman–Crippen LogP) is 6.70. The molecule has 4 aliphatic rings. The Bertz CT molecular complexity index is 1810. The van der Waals surface area contributed by atoms with Gasteiger partial charge in [-0.1, -0.05) is 23.8 Å². The quantitative estimate of drug-likeness (QED) is 0.163. The summed E-state index contributed by atoms with van der Waals surface area (Å²) in [4.78, 5) is 32.5. The molecule has 1 aromatic carbocycles. The molecule has 1 amide bonds. The molecule has 49 heavy (non-hydrogen) atoms. The summed E-state index contributed by atoms with van der Waals surface area (Å²) in [5.41, 5.74) is 2.34. The first-order chi connectivity index (χ1) is 23.1. The monoisotopic (exact) mass is 703 g/mol. The molecule has 10 nitrogen and oxygen atoms in total. The smallest absolute Gasteiger partial charge is 0.418 e. The normalized spacial score (nSPS) is 21.9. The second kappa shape index (κ2) is 12.1. The van der Waals surface area contributed by atoms with Crippen LogP contribution < -0.4 is 15.4 Å². The van der Waals surface area contributed by atoms with Crippen LogP contribution in [0.4, 0.5) is 33.9 Å². The molecule has 15 heteroatoms. The molecule has 5 heterocycles. The van der Waals surface area contributed by atoms with Crippen LogP contribution in [0.25, 0.3) is 22.2 Å². The molecule has 3 fully saturated rings. The lowest BCUT2D eigenvalue weighted by atomic mass is 10.0. The van der Waals surface area contributed by atoms with Crippen LogP contribution in [0.1, 0.15) is 52.0 Å². The number of piperazine rings is 1. The number of nitrogen functional groups attached to an aromatic ring is 1. The molecule has 2 aromatic heterocycles. The van der Waals surface area contributed by atoms with Crippen molar-refractivity contribution >= 4 is 40.1 Å². The summed E-state index contributed by atoms with van der Waals surface area (Å²) in [6.45, 7) is 9.06. The van der Waals surface area contributed by atoms with Gasteiger partial charge in [-0.2, -0.15) is 23.1 Å². The molecule has 1 saturated carbocycles. The number of nitrogens with two attached hydrogens (primary N) is 1. The Balaban J connectivity index is 1.27. The van der Waals surface area contributed by atoms with Gasteiger partial charge >= 0.3 is 18.3 Å². The number of aromatic nitrogens is 3. The van der Waals surface area contributed by atoms with Crippen molar-refractivity contribution < 1.29 is 31.8 Å². The zero-order valence-electron chi connectivity index (χ0n) is 27.5. The summed E-state index contributed by atoms with van der Waals surface area (Å²) in [6.07, 6.45) is 3.62. The molecule has 0 spiro atoms. The number of rotatable bonds is 7. The van der Waals surface area contributed by atoms with E-state index in [1.807, 2.05) is 25.7 Å². The van der Waals surface area contributed by atoms with E-state index in [1.165, 1.54) is 6.20 Å². The number of halogens is 5. The highest BCUT2D eigenvalue weighted by atomic mass is 35.5. The Morgan fingerprint density at radius 3 is 2.37 bits per heavy atom. The Kier molecular flexibility index (Phi) is 8.33. The van der Waals surface area contributed by atoms with Crippen LogP contribution in [0.5, 0.6) is 6.01 Å². The fraction of sp³-hybridized carbons (Fsp3) is 0.529. The fourth-order valence-electron chi connectivity index (χ4n) is 7.17. The molecule has 2 bridgehead atoms. The number of benzene rings is 1. The van der Waals surface area contributed by atoms with Gasteiger partial charge in [-0.25, -0.2) is 9.18 Å². The highest BCUT2D eigenvalue weighted by molar-refractivity contribution is 6.32. The molecular weight excluding hydrogens is 666 g/mol. The summed E-state index contributed by atoms with van der Waals surface area (Å²) in [5.74, 6) is -0.758. The molecule has 0 radical (unpaired) electrons. The number of alkyl halides is 3. The SMILES string of the molecule is CC(C)(C)OC(=O)N1[C@@H]2CC[C@H]1CN(c1nc(OCC3(CN4CC=CC4)CC3)nc3c(F)c(-c4cc(N)cc(Cl)c4C(F)(F)F)ncc13)C2. The van der Waals surface area contributed by atoms with E-state index in [1.54, 1.807) is 4.90 Å². The van der Waals surface area contributed by atoms with Gasteiger partial charge in [0.25, 0.3) is 0 Å². The van der Waals surface area contributed by atoms with Gasteiger partial charge in [-0.15, -0.1) is 0 Å². The molecule has 3 aromatic rings. The number of anilines is 2. The van der Waals surface area contributed by atoms with Gasteiger partial charge in [0, 0.05) is 55.6 Å². The average molecular weight is 704 g/mol. The second-order valence-corrected chi connectivity index (χ2v) is 15.0. The van der Waals surface area contributed by atoms with Crippen molar-refractivity contribution in [3.8, 4) is 17.3 Å². The standard InChI is InChI=1S/C34H38ClF4N7O3/c1-32(2,3)49-31(47)46-20-6-7-21(46)16-45(15-20)29-23-14-41-27(22-12-19(40)13-24(35)25(22)34(37,38)39)26(36)28(23)42-30(43-29)48-18-33(8-9-33)17-44-10-4-5-11-44/h4-5,12-14,20-21H,6-11,15-18,40H2,1-3H3/t20-,21+. The summed E-state index contributed by atoms with van der Waals surface area (Å²) in [6, 6.07) is 1.51. The van der Waals surface area contributed by atoms with Crippen LogP contribution in [-0.4, -0.2) is 87.9 Å². The molecule has 262 valence electrons. The third-order valence-electron chi connectivity index (χ3n) is 9.60. The van der Waals surface area contributed by atoms with Gasteiger partial charge in [0.15, 0.2) is 5.82 Å². The Morgan fingerprint density at radius 1 is 1.08 bits per heavy atom. The minimum Gasteiger partial charge on any atom is -0.463 e. The van der Waals surface area contributed by atoms with Gasteiger partial charge in [0.05, 0.1) is 34.7 Å². The zero-order chi connectivity index (χ0) is 34.9. The molecule has 3 aliphatic heterocycles. The fourth-order valence-corrected chi connectivity index (χ4v) is 7.51. The maximum absolute atomic E-state index is 16.6. The summed E-state index contributed by atoms with van der Waals surface area (Å²) >= 11 is 6.00. The molecule has 2 atom stereocenters. The van der Waals surface area contributed by atoms with E-state index in [4.69, 9.17) is 31.8 Å². The van der Waals surface area contributed by atoms with E-state index in [0.29, 0.717) is 25.5 Å². The highest BCUT2D eigenvalue weighted by Crippen LogP contribution is 2.47. The zero-order valence-corrected chi connectivity index (χ0v) is 28.2. The van der Waals surface area contributed by atoms with Crippen LogP contribution in [0.2, 0.25) is 5.02 Å². The lowest BCUT2D eigenvalue weighted by molar-refractivity contribution is -0.137. The van der Waals surface area contributed by atoms with Crippen LogP contribution >= 0.6 is 11.6 Å². The van der Waals surface area contributed by atoms with Crippen molar-refractivity contribution in [1.82, 2.24) is 24.8 Å². The van der Waals surface area contributed by atoms with Gasteiger partial charge in [-0.3, -0.25) is 14.8 Å². The third kappa shape index (κ3) is 6.69. The first-order valence-electron chi connectivity index (χ1n) is 16.4. The topological polar surface area (TPSA) is 110 Å². The number of carbonyl (C=O) groups excluding carboxylic acids is 1. The van der Waals surface area contributed by atoms with E-state index in [-0.39, 0.29) is 40.1 Å². The molecule has 2 saturated heterocycles. The number of hydrogen-bond donors (Lipinski definition) is 1. The number of hydrogen-bond acceptors (Lipinski definition) is 9. The minimum atomic E-state index is -4.91. The van der Waals surface area contributed by atoms with Crippen LogP contribution in [-0.2, 0) is 10.9 Å². The van der Waals surface area contributed by atoms with E-state index in [9.17, 15) is 18.0 Å². The van der Waals surface area contributed by atoms with Crippen molar-refractivity contribution in [2.24, 2.45) is 5.41 Å². The number of nitrogens with zero attached hydrogens (tertiary/aromatic N) is 6. The van der Waals surface area contributed by atoms with Crippen molar-refractivity contribution in [2.75, 3.05) is 50.0 Å². The van der Waals surface area contributed by atoms with Gasteiger partial charge in [0.2, 0.25) is 0 Å². The van der Waals surface area contributed by atoms with Crippen LogP contribution in [0, 0.1) is 11.2 Å². The largest absolute Gasteiger partial charge is 0.463 e. The Hall–Kier alpha value is -3.91. The van der Waals surface area contributed by atoms with Crippen molar-refractivity contribution in [2.45, 2.75) is 70.3 Å². The van der Waals surface area contributed by atoms with Gasteiger partial charge in [-0.05, 0) is 58.6 Å². The molecule has 1 aliphatic carbocycles. The Morgan fingerprint density at radius 2 is 1.76 bits per heavy atom. The average Bonchev–Trinajstić information content (AvgIpc) is 3.46. The van der Waals surface area contributed by atoms with E-state index in [2.05, 4.69) is 27.0 Å². The Labute approximate surface area is 286 Å². The molecule has 7 rings (SSSR count).